The second-order valence-corrected chi connectivity index (χ2v) is 4.44. The number of benzene rings is 1. The number of Topliss-reactive ketones (excluding diaryl/α,β-unsaturated/α-hetero) is 1. The molecule has 0 aliphatic rings. The van der Waals surface area contributed by atoms with Crippen LogP contribution in [-0.2, 0) is 9.53 Å². The first-order valence-electron chi connectivity index (χ1n) is 6.31. The van der Waals surface area contributed by atoms with E-state index in [1.807, 2.05) is 0 Å². The van der Waals surface area contributed by atoms with Crippen LogP contribution >= 0.6 is 11.6 Å². The average molecular weight is 311 g/mol. The molecule has 1 rings (SSSR count). The topological polar surface area (TPSA) is 80.7 Å². The summed E-state index contributed by atoms with van der Waals surface area (Å²) in [5, 5.41) is 8.60. The molecule has 0 radical (unpaired) electrons. The lowest BCUT2D eigenvalue weighted by atomic mass is 9.99. The smallest absolute Gasteiger partial charge is 0.338 e. The van der Waals surface area contributed by atoms with Gasteiger partial charge in [0.15, 0.2) is 5.78 Å². The number of carboxylic acid groups (broad SMARTS) is 1. The molecule has 0 aliphatic heterocycles. The number of alkyl halides is 1. The highest BCUT2D eigenvalue weighted by molar-refractivity contribution is 6.20. The Bertz CT molecular complexity index is 577. The maximum absolute atomic E-state index is 11.9. The standard InChI is InChI=1S/C15H15ClO5/c1-2-21-15(20)12-9-10(4-6-14(18)19)3-5-11(12)13(17)7-8-16/h3-6,9H,2,7-8H2,1H3,(H,18,19)/b6-4+. The van der Waals surface area contributed by atoms with Crippen LogP contribution in [0.1, 0.15) is 39.6 Å². The van der Waals surface area contributed by atoms with Crippen molar-refractivity contribution in [3.63, 3.8) is 0 Å². The summed E-state index contributed by atoms with van der Waals surface area (Å²) in [6, 6.07) is 4.46. The molecule has 1 aromatic rings. The third kappa shape index (κ3) is 5.04. The van der Waals surface area contributed by atoms with E-state index in [1.165, 1.54) is 18.2 Å². The maximum atomic E-state index is 11.9. The van der Waals surface area contributed by atoms with Gasteiger partial charge in [-0.05, 0) is 30.7 Å². The summed E-state index contributed by atoms with van der Waals surface area (Å²) in [5.74, 6) is -1.83. The number of hydrogen-bond acceptors (Lipinski definition) is 4. The lowest BCUT2D eigenvalue weighted by molar-refractivity contribution is -0.131. The minimum absolute atomic E-state index is 0.109. The Kier molecular flexibility index (Phi) is 6.62. The highest BCUT2D eigenvalue weighted by Gasteiger charge is 2.18. The molecular formula is C15H15ClO5. The molecule has 0 fully saturated rings. The molecule has 112 valence electrons. The second kappa shape index (κ2) is 8.21. The van der Waals surface area contributed by atoms with Gasteiger partial charge in [0.1, 0.15) is 0 Å². The summed E-state index contributed by atoms with van der Waals surface area (Å²) in [6.07, 6.45) is 2.39. The largest absolute Gasteiger partial charge is 0.478 e. The molecule has 0 aromatic heterocycles. The van der Waals surface area contributed by atoms with Gasteiger partial charge in [-0.2, -0.15) is 0 Å². The molecule has 0 amide bonds. The highest BCUT2D eigenvalue weighted by atomic mass is 35.5. The van der Waals surface area contributed by atoms with Crippen molar-refractivity contribution in [2.45, 2.75) is 13.3 Å². The molecule has 6 heteroatoms. The second-order valence-electron chi connectivity index (χ2n) is 4.06. The van der Waals surface area contributed by atoms with Gasteiger partial charge in [0.05, 0.1) is 12.2 Å². The van der Waals surface area contributed by atoms with Gasteiger partial charge in [-0.25, -0.2) is 9.59 Å². The monoisotopic (exact) mass is 310 g/mol. The quantitative estimate of drug-likeness (QED) is 0.362. The van der Waals surface area contributed by atoms with Crippen LogP contribution in [0.5, 0.6) is 0 Å². The third-order valence-corrected chi connectivity index (χ3v) is 2.77. The summed E-state index contributed by atoms with van der Waals surface area (Å²) in [7, 11) is 0. The summed E-state index contributed by atoms with van der Waals surface area (Å²) in [5.41, 5.74) is 0.823. The number of ether oxygens (including phenoxy) is 1. The summed E-state index contributed by atoms with van der Waals surface area (Å²) in [6.45, 7) is 1.84. The first-order valence-corrected chi connectivity index (χ1v) is 6.84. The van der Waals surface area contributed by atoms with Crippen molar-refractivity contribution in [1.82, 2.24) is 0 Å². The fraction of sp³-hybridized carbons (Fsp3) is 0.267. The molecule has 0 heterocycles. The molecule has 0 spiro atoms. The number of halogens is 1. The van der Waals surface area contributed by atoms with Crippen LogP contribution in [-0.4, -0.2) is 35.3 Å². The van der Waals surface area contributed by atoms with Gasteiger partial charge in [0.25, 0.3) is 0 Å². The average Bonchev–Trinajstić information content (AvgIpc) is 2.45. The van der Waals surface area contributed by atoms with Crippen LogP contribution in [0.4, 0.5) is 0 Å². The predicted molar refractivity (Wildman–Crippen MR) is 78.7 cm³/mol. The van der Waals surface area contributed by atoms with Crippen molar-refractivity contribution in [3.8, 4) is 0 Å². The molecule has 0 aliphatic carbocycles. The molecule has 0 bridgehead atoms. The Labute approximate surface area is 127 Å². The van der Waals surface area contributed by atoms with E-state index in [2.05, 4.69) is 0 Å². The van der Waals surface area contributed by atoms with Crippen LogP contribution in [0.3, 0.4) is 0 Å². The number of carbonyl (C=O) groups excluding carboxylic acids is 2. The van der Waals surface area contributed by atoms with E-state index >= 15 is 0 Å². The minimum Gasteiger partial charge on any atom is -0.478 e. The van der Waals surface area contributed by atoms with Crippen LogP contribution in [0.15, 0.2) is 24.3 Å². The van der Waals surface area contributed by atoms with E-state index in [1.54, 1.807) is 13.0 Å². The van der Waals surface area contributed by atoms with Crippen molar-refractivity contribution in [2.24, 2.45) is 0 Å². The van der Waals surface area contributed by atoms with E-state index in [0.717, 1.165) is 6.08 Å². The van der Waals surface area contributed by atoms with Crippen molar-refractivity contribution in [1.29, 1.82) is 0 Å². The zero-order chi connectivity index (χ0) is 15.8. The van der Waals surface area contributed by atoms with Crippen molar-refractivity contribution < 1.29 is 24.2 Å². The molecule has 0 unspecified atom stereocenters. The Balaban J connectivity index is 3.22. The lowest BCUT2D eigenvalue weighted by Gasteiger charge is -2.08. The van der Waals surface area contributed by atoms with Crippen LogP contribution in [0, 0.1) is 0 Å². The molecule has 21 heavy (non-hydrogen) atoms. The van der Waals surface area contributed by atoms with E-state index in [9.17, 15) is 14.4 Å². The predicted octanol–water partition coefficient (Wildman–Crippen LogP) is 2.77. The SMILES string of the molecule is CCOC(=O)c1cc(/C=C/C(=O)O)ccc1C(=O)CCCl. The Hall–Kier alpha value is -2.14. The zero-order valence-corrected chi connectivity index (χ0v) is 12.2. The fourth-order valence-corrected chi connectivity index (χ4v) is 1.85. The van der Waals surface area contributed by atoms with Crippen LogP contribution in [0.2, 0.25) is 0 Å². The minimum atomic E-state index is -1.10. The number of hydrogen-bond donors (Lipinski definition) is 1. The van der Waals surface area contributed by atoms with E-state index in [4.69, 9.17) is 21.4 Å². The molecule has 0 atom stereocenters. The third-order valence-electron chi connectivity index (χ3n) is 2.58. The normalized spacial score (nSPS) is 10.6. The Morgan fingerprint density at radius 3 is 2.57 bits per heavy atom. The number of carbonyl (C=O) groups is 3. The lowest BCUT2D eigenvalue weighted by Crippen LogP contribution is -2.12. The number of aliphatic carboxylic acids is 1. The first-order chi connectivity index (χ1) is 9.99. The fourth-order valence-electron chi connectivity index (χ4n) is 1.67. The summed E-state index contributed by atoms with van der Waals surface area (Å²) < 4.78 is 4.91. The number of carboxylic acids is 1. The van der Waals surface area contributed by atoms with Crippen molar-refractivity contribution >= 4 is 35.4 Å². The molecular weight excluding hydrogens is 296 g/mol. The van der Waals surface area contributed by atoms with Gasteiger partial charge in [-0.3, -0.25) is 4.79 Å². The first kappa shape index (κ1) is 16.9. The molecule has 1 aromatic carbocycles. The van der Waals surface area contributed by atoms with Crippen molar-refractivity contribution in [2.75, 3.05) is 12.5 Å². The van der Waals surface area contributed by atoms with Crippen LogP contribution < -0.4 is 0 Å². The van der Waals surface area contributed by atoms with Gasteiger partial charge >= 0.3 is 11.9 Å². The summed E-state index contributed by atoms with van der Waals surface area (Å²) in [4.78, 5) is 34.4. The molecule has 0 saturated heterocycles. The Morgan fingerprint density at radius 1 is 1.29 bits per heavy atom. The van der Waals surface area contributed by atoms with Gasteiger partial charge in [0.2, 0.25) is 0 Å². The number of esters is 1. The number of ketones is 1. The van der Waals surface area contributed by atoms with Gasteiger partial charge in [-0.1, -0.05) is 6.07 Å². The highest BCUT2D eigenvalue weighted by Crippen LogP contribution is 2.17. The van der Waals surface area contributed by atoms with Crippen LogP contribution in [0.25, 0.3) is 6.08 Å². The maximum Gasteiger partial charge on any atom is 0.338 e. The van der Waals surface area contributed by atoms with Gasteiger partial charge in [0, 0.05) is 23.9 Å². The molecule has 0 saturated carbocycles. The van der Waals surface area contributed by atoms with Gasteiger partial charge < -0.3 is 9.84 Å². The Morgan fingerprint density at radius 2 is 2.00 bits per heavy atom. The van der Waals surface area contributed by atoms with Gasteiger partial charge in [-0.15, -0.1) is 11.6 Å². The van der Waals surface area contributed by atoms with E-state index in [0.29, 0.717) is 5.56 Å². The van der Waals surface area contributed by atoms with E-state index in [-0.39, 0.29) is 35.8 Å². The molecule has 5 nitrogen and oxygen atoms in total. The molecule has 1 N–H and O–H groups in total. The number of rotatable bonds is 7. The van der Waals surface area contributed by atoms with E-state index < -0.39 is 11.9 Å². The zero-order valence-electron chi connectivity index (χ0n) is 11.5. The van der Waals surface area contributed by atoms with Crippen molar-refractivity contribution in [3.05, 3.63) is 41.0 Å². The summed E-state index contributed by atoms with van der Waals surface area (Å²) >= 11 is 5.54.